The van der Waals surface area contributed by atoms with Crippen molar-refractivity contribution in [1.29, 1.82) is 0 Å². The Balaban J connectivity index is 2.07. The summed E-state index contributed by atoms with van der Waals surface area (Å²) in [4.78, 5) is 25.9. The molecular formula is C26H28ClNO5. The molecule has 1 heterocycles. The Bertz CT molecular complexity index is 1080. The van der Waals surface area contributed by atoms with E-state index < -0.39 is 24.0 Å². The number of carbonyl (C=O) groups is 2. The van der Waals surface area contributed by atoms with Crippen molar-refractivity contribution in [2.75, 3.05) is 13.7 Å². The van der Waals surface area contributed by atoms with E-state index in [4.69, 9.17) is 21.1 Å². The van der Waals surface area contributed by atoms with Gasteiger partial charge >= 0.3 is 11.9 Å². The Hall–Kier alpha value is -3.09. The predicted octanol–water partition coefficient (Wildman–Crippen LogP) is 4.80. The van der Waals surface area contributed by atoms with Crippen LogP contribution in [0.15, 0.2) is 77.1 Å². The van der Waals surface area contributed by atoms with Gasteiger partial charge in [-0.25, -0.2) is 9.59 Å². The van der Waals surface area contributed by atoms with E-state index in [9.17, 15) is 14.7 Å². The molecule has 0 saturated heterocycles. The first-order valence-electron chi connectivity index (χ1n) is 10.8. The van der Waals surface area contributed by atoms with E-state index in [1.807, 2.05) is 36.4 Å². The zero-order chi connectivity index (χ0) is 24.0. The third-order valence-corrected chi connectivity index (χ3v) is 5.81. The zero-order valence-corrected chi connectivity index (χ0v) is 19.7. The van der Waals surface area contributed by atoms with Gasteiger partial charge in [-0.3, -0.25) is 0 Å². The molecule has 2 N–H and O–H groups in total. The average molecular weight is 470 g/mol. The number of hydrogen-bond acceptors (Lipinski definition) is 6. The maximum atomic E-state index is 13.2. The van der Waals surface area contributed by atoms with Gasteiger partial charge in [-0.15, -0.1) is 0 Å². The SMILES string of the molecule is CCOC(=O)C1=C(CCC(O)c2ccccc2)NC(C)=C(C(=O)OC)C1c1cccc(Cl)c1. The van der Waals surface area contributed by atoms with Crippen LogP contribution < -0.4 is 5.32 Å². The van der Waals surface area contributed by atoms with Crippen LogP contribution in [0.1, 0.15) is 49.8 Å². The van der Waals surface area contributed by atoms with Crippen molar-refractivity contribution in [2.45, 2.75) is 38.7 Å². The lowest BCUT2D eigenvalue weighted by Gasteiger charge is -2.32. The highest BCUT2D eigenvalue weighted by Crippen LogP contribution is 2.41. The fourth-order valence-electron chi connectivity index (χ4n) is 4.07. The number of methoxy groups -OCH3 is 1. The second-order valence-electron chi connectivity index (χ2n) is 7.72. The van der Waals surface area contributed by atoms with Crippen LogP contribution in [0.2, 0.25) is 5.02 Å². The molecule has 3 rings (SSSR count). The molecule has 0 radical (unpaired) electrons. The lowest BCUT2D eigenvalue weighted by molar-refractivity contribution is -0.139. The minimum absolute atomic E-state index is 0.181. The van der Waals surface area contributed by atoms with E-state index in [2.05, 4.69) is 5.32 Å². The maximum absolute atomic E-state index is 13.2. The number of aliphatic hydroxyl groups is 1. The minimum atomic E-state index is -0.722. The topological polar surface area (TPSA) is 84.9 Å². The monoisotopic (exact) mass is 469 g/mol. The van der Waals surface area contributed by atoms with Gasteiger partial charge in [0.15, 0.2) is 0 Å². The summed E-state index contributed by atoms with van der Waals surface area (Å²) in [5, 5.41) is 14.4. The fourth-order valence-corrected chi connectivity index (χ4v) is 4.27. The highest BCUT2D eigenvalue weighted by molar-refractivity contribution is 6.30. The molecule has 2 unspecified atom stereocenters. The molecule has 6 nitrogen and oxygen atoms in total. The zero-order valence-electron chi connectivity index (χ0n) is 18.9. The number of dihydropyridines is 1. The number of esters is 2. The van der Waals surface area contributed by atoms with Crippen molar-refractivity contribution >= 4 is 23.5 Å². The lowest BCUT2D eigenvalue weighted by Crippen LogP contribution is -2.33. The number of halogens is 1. The maximum Gasteiger partial charge on any atom is 0.336 e. The standard InChI is InChI=1S/C26H28ClNO5/c1-4-33-26(31)24-20(13-14-21(29)17-9-6-5-7-10-17)28-16(2)22(25(30)32-3)23(24)18-11-8-12-19(27)15-18/h5-12,15,21,23,28-29H,4,13-14H2,1-3H3. The van der Waals surface area contributed by atoms with E-state index in [0.717, 1.165) is 5.56 Å². The molecule has 1 aliphatic heterocycles. The van der Waals surface area contributed by atoms with Crippen molar-refractivity contribution in [3.8, 4) is 0 Å². The van der Waals surface area contributed by atoms with Crippen LogP contribution >= 0.6 is 11.6 Å². The average Bonchev–Trinajstić information content (AvgIpc) is 2.82. The van der Waals surface area contributed by atoms with Gasteiger partial charge in [0.05, 0.1) is 36.9 Å². The number of nitrogens with one attached hydrogen (secondary N) is 1. The second-order valence-corrected chi connectivity index (χ2v) is 8.16. The molecule has 0 fully saturated rings. The minimum Gasteiger partial charge on any atom is -0.466 e. The summed E-state index contributed by atoms with van der Waals surface area (Å²) in [7, 11) is 1.30. The molecule has 0 spiro atoms. The third kappa shape index (κ3) is 5.64. The Morgan fingerprint density at radius 1 is 1.09 bits per heavy atom. The van der Waals surface area contributed by atoms with Gasteiger partial charge < -0.3 is 19.9 Å². The highest BCUT2D eigenvalue weighted by Gasteiger charge is 2.38. The van der Waals surface area contributed by atoms with Crippen LogP contribution in [-0.2, 0) is 19.1 Å². The lowest BCUT2D eigenvalue weighted by atomic mass is 9.79. The first kappa shape index (κ1) is 24.6. The number of carbonyl (C=O) groups excluding carboxylic acids is 2. The molecule has 0 aliphatic carbocycles. The molecule has 33 heavy (non-hydrogen) atoms. The number of allylic oxidation sites excluding steroid dienone is 2. The number of rotatable bonds is 8. The highest BCUT2D eigenvalue weighted by atomic mass is 35.5. The van der Waals surface area contributed by atoms with Crippen molar-refractivity contribution in [3.63, 3.8) is 0 Å². The molecule has 0 amide bonds. The van der Waals surface area contributed by atoms with Crippen LogP contribution in [0.5, 0.6) is 0 Å². The number of aliphatic hydroxyl groups excluding tert-OH is 1. The first-order valence-corrected chi connectivity index (χ1v) is 11.2. The van der Waals surface area contributed by atoms with E-state index in [0.29, 0.717) is 46.0 Å². The van der Waals surface area contributed by atoms with Crippen LogP contribution in [-0.4, -0.2) is 30.8 Å². The summed E-state index contributed by atoms with van der Waals surface area (Å²) < 4.78 is 10.4. The van der Waals surface area contributed by atoms with E-state index in [1.54, 1.807) is 32.0 Å². The third-order valence-electron chi connectivity index (χ3n) is 5.58. The molecule has 0 aromatic heterocycles. The summed E-state index contributed by atoms with van der Waals surface area (Å²) in [6, 6.07) is 16.4. The summed E-state index contributed by atoms with van der Waals surface area (Å²) in [6.07, 6.45) is 0.0330. The quantitative estimate of drug-likeness (QED) is 0.540. The molecule has 2 atom stereocenters. The van der Waals surface area contributed by atoms with E-state index in [-0.39, 0.29) is 6.61 Å². The van der Waals surface area contributed by atoms with Gasteiger partial charge in [0.2, 0.25) is 0 Å². The molecular weight excluding hydrogens is 442 g/mol. The van der Waals surface area contributed by atoms with Crippen LogP contribution in [0.3, 0.4) is 0 Å². The smallest absolute Gasteiger partial charge is 0.336 e. The van der Waals surface area contributed by atoms with Gasteiger partial charge in [0.1, 0.15) is 0 Å². The molecule has 7 heteroatoms. The van der Waals surface area contributed by atoms with Crippen LogP contribution in [0.25, 0.3) is 0 Å². The Morgan fingerprint density at radius 3 is 2.45 bits per heavy atom. The Kier molecular flexibility index (Phi) is 8.31. The largest absolute Gasteiger partial charge is 0.466 e. The Labute approximate surface area is 198 Å². The molecule has 0 bridgehead atoms. The molecule has 0 saturated carbocycles. The van der Waals surface area contributed by atoms with Gasteiger partial charge in [0, 0.05) is 16.4 Å². The summed E-state index contributed by atoms with van der Waals surface area (Å²) in [5.74, 6) is -1.80. The fraction of sp³-hybridized carbons (Fsp3) is 0.308. The van der Waals surface area contributed by atoms with Crippen molar-refractivity contribution in [2.24, 2.45) is 0 Å². The number of benzene rings is 2. The molecule has 174 valence electrons. The second kappa shape index (κ2) is 11.2. The van der Waals surface area contributed by atoms with Crippen molar-refractivity contribution in [1.82, 2.24) is 5.32 Å². The normalized spacial score (nSPS) is 16.8. The first-order chi connectivity index (χ1) is 15.9. The van der Waals surface area contributed by atoms with Gasteiger partial charge in [-0.1, -0.05) is 54.1 Å². The Morgan fingerprint density at radius 2 is 1.82 bits per heavy atom. The van der Waals surface area contributed by atoms with Crippen LogP contribution in [0, 0.1) is 0 Å². The van der Waals surface area contributed by atoms with Gasteiger partial charge in [-0.2, -0.15) is 0 Å². The molecule has 2 aromatic rings. The van der Waals surface area contributed by atoms with Gasteiger partial charge in [0.25, 0.3) is 0 Å². The van der Waals surface area contributed by atoms with E-state index >= 15 is 0 Å². The van der Waals surface area contributed by atoms with E-state index in [1.165, 1.54) is 7.11 Å². The predicted molar refractivity (Wildman–Crippen MR) is 126 cm³/mol. The number of hydrogen-bond donors (Lipinski definition) is 2. The van der Waals surface area contributed by atoms with Crippen LogP contribution in [0.4, 0.5) is 0 Å². The van der Waals surface area contributed by atoms with Gasteiger partial charge in [-0.05, 0) is 49.9 Å². The summed E-state index contributed by atoms with van der Waals surface area (Å²) in [5.41, 5.74) is 3.26. The molecule has 1 aliphatic rings. The number of ether oxygens (including phenoxy) is 2. The summed E-state index contributed by atoms with van der Waals surface area (Å²) in [6.45, 7) is 3.67. The molecule has 2 aromatic carbocycles. The summed E-state index contributed by atoms with van der Waals surface area (Å²) >= 11 is 6.24. The van der Waals surface area contributed by atoms with Crippen molar-refractivity contribution in [3.05, 3.63) is 93.3 Å². The van der Waals surface area contributed by atoms with Crippen molar-refractivity contribution < 1.29 is 24.2 Å².